The van der Waals surface area contributed by atoms with Crippen molar-refractivity contribution < 1.29 is 9.13 Å². The Morgan fingerprint density at radius 3 is 1.88 bits per heavy atom. The van der Waals surface area contributed by atoms with Crippen LogP contribution in [0.3, 0.4) is 0 Å². The van der Waals surface area contributed by atoms with Crippen molar-refractivity contribution in [1.29, 1.82) is 0 Å². The van der Waals surface area contributed by atoms with E-state index in [4.69, 9.17) is 4.74 Å². The van der Waals surface area contributed by atoms with Crippen molar-refractivity contribution >= 4 is 10.9 Å². The highest BCUT2D eigenvalue weighted by Crippen LogP contribution is 2.46. The Bertz CT molecular complexity index is 968. The molecule has 0 bridgehead atoms. The van der Waals surface area contributed by atoms with Crippen LogP contribution in [0.5, 0.6) is 5.75 Å². The molecule has 3 heteroatoms. The zero-order valence-corrected chi connectivity index (χ0v) is 19.5. The quantitative estimate of drug-likeness (QED) is 0.346. The molecule has 3 aromatic carbocycles. The Morgan fingerprint density at radius 2 is 1.28 bits per heavy atom. The van der Waals surface area contributed by atoms with Gasteiger partial charge in [-0.25, -0.2) is 4.39 Å². The fourth-order valence-electron chi connectivity index (χ4n) is 5.63. The highest BCUT2D eigenvalue weighted by atomic mass is 32.2. The van der Waals surface area contributed by atoms with Crippen molar-refractivity contribution in [1.82, 2.24) is 0 Å². The van der Waals surface area contributed by atoms with Crippen LogP contribution in [0.2, 0.25) is 0 Å². The maximum Gasteiger partial charge on any atom is 0.170 e. The van der Waals surface area contributed by atoms with Gasteiger partial charge in [-0.05, 0) is 80.8 Å². The van der Waals surface area contributed by atoms with Gasteiger partial charge in [0.1, 0.15) is 5.60 Å². The van der Waals surface area contributed by atoms with Crippen LogP contribution in [0.1, 0.15) is 57.8 Å². The van der Waals surface area contributed by atoms with Gasteiger partial charge in [0.2, 0.25) is 0 Å². The van der Waals surface area contributed by atoms with Gasteiger partial charge in [-0.15, -0.1) is 0 Å². The molecule has 2 saturated carbocycles. The Kier molecular flexibility index (Phi) is 6.54. The lowest BCUT2D eigenvalue weighted by atomic mass is 9.74. The second-order valence-corrected chi connectivity index (χ2v) is 11.3. The highest BCUT2D eigenvalue weighted by molar-refractivity contribution is 7.97. The zero-order chi connectivity index (χ0) is 21.8. The molecule has 0 N–H and O–H groups in total. The number of rotatable bonds is 6. The van der Waals surface area contributed by atoms with Crippen molar-refractivity contribution in [2.24, 2.45) is 5.92 Å². The smallest absolute Gasteiger partial charge is 0.170 e. The summed E-state index contributed by atoms with van der Waals surface area (Å²) in [4.78, 5) is 3.58. The molecule has 2 fully saturated rings. The van der Waals surface area contributed by atoms with Crippen LogP contribution in [0, 0.1) is 11.7 Å². The summed E-state index contributed by atoms with van der Waals surface area (Å²) in [5.41, 5.74) is -0.188. The Labute approximate surface area is 194 Å². The average molecular weight is 448 g/mol. The van der Waals surface area contributed by atoms with E-state index in [0.29, 0.717) is 11.7 Å². The van der Waals surface area contributed by atoms with Gasteiger partial charge in [0.05, 0.1) is 10.9 Å². The summed E-state index contributed by atoms with van der Waals surface area (Å²) < 4.78 is 21.9. The van der Waals surface area contributed by atoms with E-state index < -0.39 is 0 Å². The molecule has 0 heterocycles. The maximum atomic E-state index is 15.1. The van der Waals surface area contributed by atoms with Crippen molar-refractivity contribution in [2.45, 2.75) is 78.1 Å². The van der Waals surface area contributed by atoms with E-state index in [1.54, 1.807) is 6.07 Å². The SMILES string of the molecule is Fc1ccc([S+](c2ccccc2)c2ccccc2)cc1OC1(C2CCCC2)CCCCC1. The van der Waals surface area contributed by atoms with Crippen LogP contribution in [0.15, 0.2) is 93.5 Å². The molecule has 0 aromatic heterocycles. The normalized spacial score (nSPS) is 18.7. The standard InChI is InChI=1S/C29H32FOS/c30-27-19-18-26(32(24-14-4-1-5-15-24)25-16-6-2-7-17-25)22-28(27)31-29(20-10-3-11-21-29)23-12-8-9-13-23/h1-2,4-7,14-19,22-23H,3,8-13,20-21H2/q+1. The summed E-state index contributed by atoms with van der Waals surface area (Å²) in [5.74, 6) is 0.773. The number of ether oxygens (including phenoxy) is 1. The van der Waals surface area contributed by atoms with Gasteiger partial charge in [-0.1, -0.05) is 55.7 Å². The predicted octanol–water partition coefficient (Wildman–Crippen LogP) is 8.19. The van der Waals surface area contributed by atoms with Crippen molar-refractivity contribution in [3.05, 3.63) is 84.7 Å². The van der Waals surface area contributed by atoms with Crippen molar-refractivity contribution in [3.8, 4) is 5.75 Å². The van der Waals surface area contributed by atoms with Gasteiger partial charge in [0.25, 0.3) is 0 Å². The van der Waals surface area contributed by atoms with Gasteiger partial charge in [0, 0.05) is 6.07 Å². The predicted molar refractivity (Wildman–Crippen MR) is 130 cm³/mol. The van der Waals surface area contributed by atoms with Crippen molar-refractivity contribution in [3.63, 3.8) is 0 Å². The molecular weight excluding hydrogens is 415 g/mol. The maximum absolute atomic E-state index is 15.1. The third kappa shape index (κ3) is 4.45. The zero-order valence-electron chi connectivity index (χ0n) is 18.6. The number of hydrogen-bond donors (Lipinski definition) is 0. The van der Waals surface area contributed by atoms with Gasteiger partial charge in [0.15, 0.2) is 26.3 Å². The molecule has 0 amide bonds. The molecule has 2 aliphatic rings. The largest absolute Gasteiger partial charge is 0.484 e. The molecule has 1 nitrogen and oxygen atoms in total. The summed E-state index contributed by atoms with van der Waals surface area (Å²) in [6, 6.07) is 26.6. The molecule has 0 atom stereocenters. The number of hydrogen-bond acceptors (Lipinski definition) is 1. The lowest BCUT2D eigenvalue weighted by molar-refractivity contribution is -0.0255. The van der Waals surface area contributed by atoms with Crippen LogP contribution < -0.4 is 4.74 Å². The van der Waals surface area contributed by atoms with Crippen LogP contribution >= 0.6 is 0 Å². The van der Waals surface area contributed by atoms with Crippen LogP contribution in [0.25, 0.3) is 0 Å². The molecule has 3 aromatic rings. The molecule has 32 heavy (non-hydrogen) atoms. The van der Waals surface area contributed by atoms with E-state index in [1.807, 2.05) is 24.3 Å². The van der Waals surface area contributed by atoms with Gasteiger partial charge in [-0.2, -0.15) is 0 Å². The van der Waals surface area contributed by atoms with Crippen LogP contribution in [-0.4, -0.2) is 5.60 Å². The molecule has 5 rings (SSSR count). The highest BCUT2D eigenvalue weighted by Gasteiger charge is 2.44. The van der Waals surface area contributed by atoms with E-state index in [2.05, 4.69) is 48.5 Å². The molecule has 0 radical (unpaired) electrons. The second-order valence-electron chi connectivity index (χ2n) is 9.23. The molecule has 0 unspecified atom stereocenters. The van der Waals surface area contributed by atoms with E-state index in [-0.39, 0.29) is 22.3 Å². The minimum Gasteiger partial charge on any atom is -0.484 e. The first-order valence-corrected chi connectivity index (χ1v) is 13.3. The van der Waals surface area contributed by atoms with E-state index in [1.165, 1.54) is 54.7 Å². The van der Waals surface area contributed by atoms with Crippen LogP contribution in [0.4, 0.5) is 4.39 Å². The minimum atomic E-state index is -0.302. The first kappa shape index (κ1) is 21.6. The second kappa shape index (κ2) is 9.70. The summed E-state index contributed by atoms with van der Waals surface area (Å²) in [6.07, 6.45) is 10.8. The summed E-state index contributed by atoms with van der Waals surface area (Å²) in [5, 5.41) is 0. The Morgan fingerprint density at radius 1 is 0.688 bits per heavy atom. The number of benzene rings is 3. The molecular formula is C29H32FOS+. The Hall–Kier alpha value is -2.26. The van der Waals surface area contributed by atoms with Gasteiger partial charge < -0.3 is 4.74 Å². The first-order chi connectivity index (χ1) is 15.8. The monoisotopic (exact) mass is 447 g/mol. The summed E-state index contributed by atoms with van der Waals surface area (Å²) in [7, 11) is -0.302. The summed E-state index contributed by atoms with van der Waals surface area (Å²) >= 11 is 0. The molecule has 166 valence electrons. The lowest BCUT2D eigenvalue weighted by Gasteiger charge is -2.42. The van der Waals surface area contributed by atoms with Crippen LogP contribution in [-0.2, 0) is 10.9 Å². The fourth-order valence-corrected chi connectivity index (χ4v) is 7.73. The Balaban J connectivity index is 1.53. The topological polar surface area (TPSA) is 9.23 Å². The molecule has 2 aliphatic carbocycles. The van der Waals surface area contributed by atoms with Crippen molar-refractivity contribution in [2.75, 3.05) is 0 Å². The third-order valence-electron chi connectivity index (χ3n) is 7.21. The van der Waals surface area contributed by atoms with E-state index in [0.717, 1.165) is 17.7 Å². The molecule has 0 spiro atoms. The minimum absolute atomic E-state index is 0.188. The summed E-state index contributed by atoms with van der Waals surface area (Å²) in [6.45, 7) is 0. The van der Waals surface area contributed by atoms with Gasteiger partial charge in [-0.3, -0.25) is 0 Å². The lowest BCUT2D eigenvalue weighted by Crippen LogP contribution is -2.44. The fraction of sp³-hybridized carbons (Fsp3) is 0.379. The number of halogens is 1. The molecule has 0 saturated heterocycles. The van der Waals surface area contributed by atoms with Gasteiger partial charge >= 0.3 is 0 Å². The molecule has 0 aliphatic heterocycles. The third-order valence-corrected chi connectivity index (χ3v) is 9.42. The first-order valence-electron chi connectivity index (χ1n) is 12.1. The van der Waals surface area contributed by atoms with E-state index >= 15 is 4.39 Å². The average Bonchev–Trinajstić information content (AvgIpc) is 3.39. The van der Waals surface area contributed by atoms with E-state index in [9.17, 15) is 0 Å².